The Morgan fingerprint density at radius 2 is 1.94 bits per heavy atom. The highest BCUT2D eigenvalue weighted by Gasteiger charge is 2.28. The lowest BCUT2D eigenvalue weighted by Gasteiger charge is -2.34. The molecular formula is C21H22N4O4S2. The minimum atomic E-state index is -0.455. The smallest absolute Gasteiger partial charge is 0.277 e. The zero-order valence-electron chi connectivity index (χ0n) is 16.8. The van der Waals surface area contributed by atoms with Crippen LogP contribution in [0.1, 0.15) is 16.9 Å². The molecule has 2 aliphatic heterocycles. The number of fused-ring (bicyclic) bond motifs is 1. The summed E-state index contributed by atoms with van der Waals surface area (Å²) in [7, 11) is 0. The Labute approximate surface area is 188 Å². The topological polar surface area (TPSA) is 80.9 Å². The van der Waals surface area contributed by atoms with Gasteiger partial charge in [0.2, 0.25) is 12.0 Å². The second-order valence-electron chi connectivity index (χ2n) is 7.30. The summed E-state index contributed by atoms with van der Waals surface area (Å²) in [6.45, 7) is 4.52. The van der Waals surface area contributed by atoms with Crippen molar-refractivity contribution in [2.24, 2.45) is 0 Å². The molecular weight excluding hydrogens is 436 g/mol. The van der Waals surface area contributed by atoms with Crippen LogP contribution in [0.3, 0.4) is 0 Å². The third-order valence-electron chi connectivity index (χ3n) is 5.21. The molecule has 8 nitrogen and oxygen atoms in total. The van der Waals surface area contributed by atoms with Gasteiger partial charge in [-0.25, -0.2) is 0 Å². The Kier molecular flexibility index (Phi) is 6.10. The van der Waals surface area contributed by atoms with Crippen LogP contribution in [0, 0.1) is 0 Å². The number of carbonyl (C=O) groups excluding carboxylic acids is 1. The fraction of sp³-hybridized carbons (Fsp3) is 0.381. The molecule has 1 amide bonds. The zero-order valence-corrected chi connectivity index (χ0v) is 18.4. The van der Waals surface area contributed by atoms with Crippen molar-refractivity contribution in [3.8, 4) is 11.5 Å². The van der Waals surface area contributed by atoms with Gasteiger partial charge in [0.05, 0.1) is 5.75 Å². The molecule has 2 aromatic heterocycles. The van der Waals surface area contributed by atoms with Gasteiger partial charge in [-0.2, -0.15) is 0 Å². The largest absolute Gasteiger partial charge is 0.485 e. The predicted octanol–water partition coefficient (Wildman–Crippen LogP) is 3.08. The maximum atomic E-state index is 12.6. The number of piperazine rings is 1. The molecule has 0 bridgehead atoms. The van der Waals surface area contributed by atoms with E-state index in [1.165, 1.54) is 16.6 Å². The van der Waals surface area contributed by atoms with E-state index in [-0.39, 0.29) is 11.7 Å². The van der Waals surface area contributed by atoms with Crippen molar-refractivity contribution < 1.29 is 18.7 Å². The van der Waals surface area contributed by atoms with Gasteiger partial charge in [0.25, 0.3) is 11.1 Å². The summed E-state index contributed by atoms with van der Waals surface area (Å²) in [4.78, 5) is 18.2. The van der Waals surface area contributed by atoms with Gasteiger partial charge in [-0.1, -0.05) is 30.0 Å². The number of amides is 1. The molecule has 10 heteroatoms. The Hall–Kier alpha value is -2.56. The van der Waals surface area contributed by atoms with Crippen LogP contribution in [-0.4, -0.2) is 64.4 Å². The lowest BCUT2D eigenvalue weighted by Crippen LogP contribution is -2.48. The number of rotatable bonds is 6. The predicted molar refractivity (Wildman–Crippen MR) is 117 cm³/mol. The quantitative estimate of drug-likeness (QED) is 0.522. The van der Waals surface area contributed by atoms with E-state index >= 15 is 0 Å². The highest BCUT2D eigenvalue weighted by Crippen LogP contribution is 2.36. The highest BCUT2D eigenvalue weighted by atomic mass is 32.2. The van der Waals surface area contributed by atoms with E-state index in [4.69, 9.17) is 13.9 Å². The Morgan fingerprint density at radius 3 is 2.74 bits per heavy atom. The molecule has 1 aromatic carbocycles. The van der Waals surface area contributed by atoms with E-state index in [0.717, 1.165) is 32.7 Å². The van der Waals surface area contributed by atoms with Crippen molar-refractivity contribution in [2.45, 2.75) is 17.9 Å². The summed E-state index contributed by atoms with van der Waals surface area (Å²) in [5.41, 5.74) is 0. The van der Waals surface area contributed by atoms with Crippen LogP contribution in [0.2, 0.25) is 0 Å². The minimum Gasteiger partial charge on any atom is -0.485 e. The van der Waals surface area contributed by atoms with Crippen LogP contribution in [0.15, 0.2) is 51.4 Å². The van der Waals surface area contributed by atoms with Crippen molar-refractivity contribution in [1.29, 1.82) is 0 Å². The number of thiophene rings is 1. The normalized spacial score (nSPS) is 18.8. The Morgan fingerprint density at radius 1 is 1.10 bits per heavy atom. The summed E-state index contributed by atoms with van der Waals surface area (Å²) in [6.07, 6.45) is -0.455. The van der Waals surface area contributed by atoms with Gasteiger partial charge in [0, 0.05) is 37.6 Å². The first kappa shape index (κ1) is 20.3. The van der Waals surface area contributed by atoms with Gasteiger partial charge < -0.3 is 18.8 Å². The number of ether oxygens (including phenoxy) is 2. The van der Waals surface area contributed by atoms with Crippen LogP contribution in [0.25, 0.3) is 0 Å². The number of hydrogen-bond donors (Lipinski definition) is 0. The average molecular weight is 459 g/mol. The molecule has 31 heavy (non-hydrogen) atoms. The molecule has 0 aliphatic carbocycles. The summed E-state index contributed by atoms with van der Waals surface area (Å²) in [6, 6.07) is 11.7. The third-order valence-corrected chi connectivity index (χ3v) is 6.87. The fourth-order valence-corrected chi connectivity index (χ4v) is 4.96. The molecule has 3 aromatic rings. The SMILES string of the molecule is O=C(CSc1nnc([C@@H]2COc3ccccc3O2)o1)N1CCN(Cc2cccs2)CC1. The number of para-hydroxylation sites is 2. The maximum absolute atomic E-state index is 12.6. The standard InChI is InChI=1S/C21H22N4O4S2/c26-19(25-9-7-24(8-10-25)12-15-4-3-11-30-15)14-31-21-23-22-20(29-21)18-13-27-16-5-1-2-6-17(16)28-18/h1-6,11,18H,7-10,12-14H2/t18-/m0/s1. The van der Waals surface area contributed by atoms with Gasteiger partial charge >= 0.3 is 0 Å². The van der Waals surface area contributed by atoms with E-state index in [0.29, 0.717) is 29.2 Å². The van der Waals surface area contributed by atoms with Gasteiger partial charge in [0.15, 0.2) is 11.5 Å². The number of carbonyl (C=O) groups is 1. The molecule has 0 unspecified atom stereocenters. The van der Waals surface area contributed by atoms with Crippen molar-refractivity contribution in [3.63, 3.8) is 0 Å². The Bertz CT molecular complexity index is 1020. The van der Waals surface area contributed by atoms with Gasteiger partial charge in [-0.05, 0) is 23.6 Å². The van der Waals surface area contributed by atoms with Crippen LogP contribution in [0.4, 0.5) is 0 Å². The second-order valence-corrected chi connectivity index (χ2v) is 9.25. The summed E-state index contributed by atoms with van der Waals surface area (Å²) in [5, 5.41) is 10.6. The minimum absolute atomic E-state index is 0.0895. The third kappa shape index (κ3) is 4.86. The van der Waals surface area contributed by atoms with Crippen LogP contribution < -0.4 is 9.47 Å². The second kappa shape index (κ2) is 9.29. The molecule has 5 rings (SSSR count). The number of nitrogens with zero attached hydrogens (tertiary/aromatic N) is 4. The number of benzene rings is 1. The zero-order chi connectivity index (χ0) is 21.0. The monoisotopic (exact) mass is 458 g/mol. The fourth-order valence-electron chi connectivity index (χ4n) is 3.54. The van der Waals surface area contributed by atoms with Crippen molar-refractivity contribution >= 4 is 29.0 Å². The number of thioether (sulfide) groups is 1. The lowest BCUT2D eigenvalue weighted by atomic mass is 10.2. The van der Waals surface area contributed by atoms with Gasteiger partial charge in [0.1, 0.15) is 6.61 Å². The molecule has 2 aliphatic rings. The average Bonchev–Trinajstić information content (AvgIpc) is 3.50. The van der Waals surface area contributed by atoms with Gasteiger partial charge in [-0.15, -0.1) is 21.5 Å². The highest BCUT2D eigenvalue weighted by molar-refractivity contribution is 7.99. The van der Waals surface area contributed by atoms with Gasteiger partial charge in [-0.3, -0.25) is 9.69 Å². The maximum Gasteiger partial charge on any atom is 0.277 e. The molecule has 0 N–H and O–H groups in total. The summed E-state index contributed by atoms with van der Waals surface area (Å²) < 4.78 is 17.3. The van der Waals surface area contributed by atoms with Crippen molar-refractivity contribution in [1.82, 2.24) is 20.0 Å². The first-order valence-corrected chi connectivity index (χ1v) is 12.0. The number of aromatic nitrogens is 2. The van der Waals surface area contributed by atoms with E-state index < -0.39 is 6.10 Å². The lowest BCUT2D eigenvalue weighted by molar-refractivity contribution is -0.130. The first-order valence-electron chi connectivity index (χ1n) is 10.1. The Balaban J connectivity index is 1.09. The summed E-state index contributed by atoms with van der Waals surface area (Å²) >= 11 is 3.03. The van der Waals surface area contributed by atoms with Crippen molar-refractivity contribution in [2.75, 3.05) is 38.5 Å². The number of hydrogen-bond acceptors (Lipinski definition) is 9. The molecule has 1 fully saturated rings. The molecule has 162 valence electrons. The molecule has 0 saturated carbocycles. The molecule has 1 saturated heterocycles. The molecule has 0 spiro atoms. The van der Waals surface area contributed by atoms with Crippen LogP contribution >= 0.6 is 23.1 Å². The van der Waals surface area contributed by atoms with Crippen LogP contribution in [0.5, 0.6) is 11.5 Å². The molecule has 0 radical (unpaired) electrons. The molecule has 4 heterocycles. The van der Waals surface area contributed by atoms with E-state index in [1.807, 2.05) is 29.2 Å². The summed E-state index contributed by atoms with van der Waals surface area (Å²) in [5.74, 6) is 2.07. The van der Waals surface area contributed by atoms with E-state index in [2.05, 4.69) is 32.6 Å². The molecule has 1 atom stereocenters. The van der Waals surface area contributed by atoms with E-state index in [9.17, 15) is 4.79 Å². The van der Waals surface area contributed by atoms with Crippen LogP contribution in [-0.2, 0) is 11.3 Å². The van der Waals surface area contributed by atoms with E-state index in [1.54, 1.807) is 11.3 Å². The van der Waals surface area contributed by atoms with Crippen molar-refractivity contribution in [3.05, 3.63) is 52.5 Å². The first-order chi connectivity index (χ1) is 15.2.